The second-order valence-corrected chi connectivity index (χ2v) is 6.61. The van der Waals surface area contributed by atoms with Gasteiger partial charge in [-0.25, -0.2) is 13.4 Å². The molecule has 1 aromatic heterocycles. The first-order valence-electron chi connectivity index (χ1n) is 5.43. The lowest BCUT2D eigenvalue weighted by molar-refractivity contribution is 0.602. The zero-order valence-electron chi connectivity index (χ0n) is 9.92. The Bertz CT molecular complexity index is 501. The molecule has 94 valence electrons. The van der Waals surface area contributed by atoms with Gasteiger partial charge in [0.15, 0.2) is 9.84 Å². The van der Waals surface area contributed by atoms with E-state index >= 15 is 0 Å². The minimum atomic E-state index is -2.86. The highest BCUT2D eigenvalue weighted by Crippen LogP contribution is 2.16. The summed E-state index contributed by atoms with van der Waals surface area (Å²) in [7, 11) is 0.862. The lowest BCUT2D eigenvalue weighted by Gasteiger charge is -2.14. The van der Waals surface area contributed by atoms with Crippen molar-refractivity contribution in [1.29, 1.82) is 0 Å². The van der Waals surface area contributed by atoms with Gasteiger partial charge >= 0.3 is 0 Å². The number of hydrogen-bond donors (Lipinski definition) is 1. The van der Waals surface area contributed by atoms with Crippen molar-refractivity contribution >= 4 is 21.6 Å². The average molecular weight is 256 g/mol. The molecule has 1 N–H and O–H groups in total. The van der Waals surface area contributed by atoms with Crippen molar-refractivity contribution in [2.45, 2.75) is 12.5 Å². The molecule has 1 unspecified atom stereocenters. The van der Waals surface area contributed by atoms with Crippen LogP contribution in [-0.2, 0) is 9.84 Å². The first kappa shape index (κ1) is 12.1. The second-order valence-electron chi connectivity index (χ2n) is 4.38. The van der Waals surface area contributed by atoms with Crippen LogP contribution >= 0.6 is 0 Å². The van der Waals surface area contributed by atoms with Gasteiger partial charge in [-0.3, -0.25) is 0 Å². The van der Waals surface area contributed by atoms with Crippen molar-refractivity contribution < 1.29 is 8.42 Å². The van der Waals surface area contributed by atoms with E-state index in [1.165, 1.54) is 0 Å². The molecule has 0 aliphatic carbocycles. The van der Waals surface area contributed by atoms with E-state index in [9.17, 15) is 8.42 Å². The summed E-state index contributed by atoms with van der Waals surface area (Å²) in [4.78, 5) is 10.2. The van der Waals surface area contributed by atoms with E-state index in [4.69, 9.17) is 0 Å². The molecule has 0 saturated carbocycles. The van der Waals surface area contributed by atoms with Crippen molar-refractivity contribution in [3.05, 3.63) is 12.3 Å². The first-order valence-corrected chi connectivity index (χ1v) is 7.26. The van der Waals surface area contributed by atoms with Crippen LogP contribution in [0, 0.1) is 0 Å². The minimum absolute atomic E-state index is 0.0371. The Hall–Kier alpha value is -1.37. The van der Waals surface area contributed by atoms with Gasteiger partial charge in [0, 0.05) is 26.3 Å². The fourth-order valence-electron chi connectivity index (χ4n) is 1.76. The van der Waals surface area contributed by atoms with Gasteiger partial charge in [0.1, 0.15) is 5.82 Å². The molecule has 1 fully saturated rings. The highest BCUT2D eigenvalue weighted by molar-refractivity contribution is 7.91. The molecule has 0 spiro atoms. The highest BCUT2D eigenvalue weighted by atomic mass is 32.2. The predicted molar refractivity (Wildman–Crippen MR) is 67.0 cm³/mol. The van der Waals surface area contributed by atoms with Crippen LogP contribution in [0.5, 0.6) is 0 Å². The van der Waals surface area contributed by atoms with Gasteiger partial charge in [-0.2, -0.15) is 4.98 Å². The fraction of sp³-hybridized carbons (Fsp3) is 0.600. The fourth-order valence-corrected chi connectivity index (χ4v) is 3.44. The summed E-state index contributed by atoms with van der Waals surface area (Å²) >= 11 is 0. The van der Waals surface area contributed by atoms with Crippen LogP contribution in [0.3, 0.4) is 0 Å². The molecule has 7 heteroatoms. The van der Waals surface area contributed by atoms with E-state index in [-0.39, 0.29) is 17.5 Å². The molecule has 1 atom stereocenters. The number of anilines is 2. The predicted octanol–water partition coefficient (Wildman–Crippen LogP) is 0.142. The number of nitrogens with one attached hydrogen (secondary N) is 1. The Kier molecular flexibility index (Phi) is 3.19. The topological polar surface area (TPSA) is 75.2 Å². The van der Waals surface area contributed by atoms with E-state index in [0.29, 0.717) is 18.2 Å². The van der Waals surface area contributed by atoms with Gasteiger partial charge in [-0.15, -0.1) is 0 Å². The molecular weight excluding hydrogens is 240 g/mol. The maximum atomic E-state index is 11.3. The van der Waals surface area contributed by atoms with Crippen molar-refractivity contribution in [2.75, 3.05) is 35.8 Å². The number of hydrogen-bond acceptors (Lipinski definition) is 6. The average Bonchev–Trinajstić information content (AvgIpc) is 2.58. The Labute approximate surface area is 101 Å². The van der Waals surface area contributed by atoms with Crippen molar-refractivity contribution in [3.63, 3.8) is 0 Å². The SMILES string of the molecule is CN(C)c1nccc(NC2CCS(=O)(=O)C2)n1. The van der Waals surface area contributed by atoms with Crippen molar-refractivity contribution in [1.82, 2.24) is 9.97 Å². The molecule has 2 rings (SSSR count). The van der Waals surface area contributed by atoms with Crippen LogP contribution in [0.15, 0.2) is 12.3 Å². The zero-order chi connectivity index (χ0) is 12.5. The maximum Gasteiger partial charge on any atom is 0.226 e. The van der Waals surface area contributed by atoms with Crippen LogP contribution < -0.4 is 10.2 Å². The third kappa shape index (κ3) is 3.06. The lowest BCUT2D eigenvalue weighted by Crippen LogP contribution is -2.22. The monoisotopic (exact) mass is 256 g/mol. The molecule has 1 aromatic rings. The van der Waals surface area contributed by atoms with Crippen molar-refractivity contribution in [3.8, 4) is 0 Å². The first-order chi connectivity index (χ1) is 7.96. The largest absolute Gasteiger partial charge is 0.366 e. The van der Waals surface area contributed by atoms with E-state index in [1.54, 1.807) is 17.2 Å². The third-order valence-electron chi connectivity index (χ3n) is 2.63. The summed E-state index contributed by atoms with van der Waals surface area (Å²) in [5.41, 5.74) is 0. The smallest absolute Gasteiger partial charge is 0.226 e. The molecule has 0 radical (unpaired) electrons. The summed E-state index contributed by atoms with van der Waals surface area (Å²) in [5, 5.41) is 3.13. The van der Waals surface area contributed by atoms with Crippen molar-refractivity contribution in [2.24, 2.45) is 0 Å². The Morgan fingerprint density at radius 2 is 2.24 bits per heavy atom. The Morgan fingerprint density at radius 3 is 2.82 bits per heavy atom. The quantitative estimate of drug-likeness (QED) is 0.829. The summed E-state index contributed by atoms with van der Waals surface area (Å²) in [5.74, 6) is 1.73. The van der Waals surface area contributed by atoms with Gasteiger partial charge in [-0.05, 0) is 12.5 Å². The van der Waals surface area contributed by atoms with E-state index in [2.05, 4.69) is 15.3 Å². The molecule has 6 nitrogen and oxygen atoms in total. The molecule has 0 aromatic carbocycles. The number of sulfone groups is 1. The molecule has 1 aliphatic rings. The zero-order valence-corrected chi connectivity index (χ0v) is 10.7. The van der Waals surface area contributed by atoms with Gasteiger partial charge < -0.3 is 10.2 Å². The van der Waals surface area contributed by atoms with Crippen LogP contribution in [0.4, 0.5) is 11.8 Å². The molecule has 1 saturated heterocycles. The molecule has 0 amide bonds. The molecule has 2 heterocycles. The van der Waals surface area contributed by atoms with E-state index in [1.807, 2.05) is 14.1 Å². The summed E-state index contributed by atoms with van der Waals surface area (Å²) in [6, 6.07) is 1.71. The van der Waals surface area contributed by atoms with Crippen LogP contribution in [0.2, 0.25) is 0 Å². The minimum Gasteiger partial charge on any atom is -0.366 e. The number of aromatic nitrogens is 2. The standard InChI is InChI=1S/C10H16N4O2S/c1-14(2)10-11-5-3-9(13-10)12-8-4-6-17(15,16)7-8/h3,5,8H,4,6-7H2,1-2H3,(H,11,12,13). The van der Waals surface area contributed by atoms with Crippen LogP contribution in [0.25, 0.3) is 0 Å². The highest BCUT2D eigenvalue weighted by Gasteiger charge is 2.27. The van der Waals surface area contributed by atoms with Gasteiger partial charge in [0.25, 0.3) is 0 Å². The van der Waals surface area contributed by atoms with Crippen LogP contribution in [-0.4, -0.2) is 50.0 Å². The second kappa shape index (κ2) is 4.48. The lowest BCUT2D eigenvalue weighted by atomic mass is 10.2. The van der Waals surface area contributed by atoms with E-state index in [0.717, 1.165) is 0 Å². The van der Waals surface area contributed by atoms with Gasteiger partial charge in [0.2, 0.25) is 5.95 Å². The third-order valence-corrected chi connectivity index (χ3v) is 4.40. The summed E-state index contributed by atoms with van der Waals surface area (Å²) in [6.45, 7) is 0. The number of nitrogens with zero attached hydrogens (tertiary/aromatic N) is 3. The Balaban J connectivity index is 2.07. The summed E-state index contributed by atoms with van der Waals surface area (Å²) < 4.78 is 22.7. The number of rotatable bonds is 3. The molecule has 0 bridgehead atoms. The van der Waals surface area contributed by atoms with Gasteiger partial charge in [0.05, 0.1) is 11.5 Å². The summed E-state index contributed by atoms with van der Waals surface area (Å²) in [6.07, 6.45) is 2.30. The molecule has 1 aliphatic heterocycles. The van der Waals surface area contributed by atoms with Crippen LogP contribution in [0.1, 0.15) is 6.42 Å². The van der Waals surface area contributed by atoms with Gasteiger partial charge in [-0.1, -0.05) is 0 Å². The molecule has 17 heavy (non-hydrogen) atoms. The Morgan fingerprint density at radius 1 is 1.47 bits per heavy atom. The normalized spacial score (nSPS) is 22.4. The van der Waals surface area contributed by atoms with E-state index < -0.39 is 9.84 Å². The maximum absolute atomic E-state index is 11.3. The molecular formula is C10H16N4O2S.